The van der Waals surface area contributed by atoms with Crippen molar-refractivity contribution in [1.29, 1.82) is 0 Å². The number of fused-ring (bicyclic) bond motifs is 1. The van der Waals surface area contributed by atoms with Gasteiger partial charge in [-0.3, -0.25) is 4.52 Å². The third kappa shape index (κ3) is 2.98. The largest absolute Gasteiger partial charge is 0.469 e. The van der Waals surface area contributed by atoms with Crippen LogP contribution in [-0.2, 0) is 13.8 Å². The summed E-state index contributed by atoms with van der Waals surface area (Å²) in [6, 6.07) is 3.42. The van der Waals surface area contributed by atoms with E-state index in [-0.39, 0.29) is 13.0 Å². The zero-order valence-electron chi connectivity index (χ0n) is 11.3. The fourth-order valence-corrected chi connectivity index (χ4v) is 2.85. The zero-order valence-corrected chi connectivity index (χ0v) is 12.2. The molecule has 0 bridgehead atoms. The van der Waals surface area contributed by atoms with Crippen LogP contribution in [0.1, 0.15) is 18.2 Å². The van der Waals surface area contributed by atoms with Gasteiger partial charge in [-0.05, 0) is 12.1 Å². The summed E-state index contributed by atoms with van der Waals surface area (Å²) < 4.78 is 22.3. The Hall–Kier alpha value is -1.55. The van der Waals surface area contributed by atoms with E-state index in [0.29, 0.717) is 17.0 Å². The molecule has 0 radical (unpaired) electrons. The minimum Gasteiger partial charge on any atom is -0.390 e. The highest BCUT2D eigenvalue weighted by Gasteiger charge is 2.37. The van der Waals surface area contributed by atoms with E-state index < -0.39 is 26.1 Å². The first-order valence-electron chi connectivity index (χ1n) is 6.47. The van der Waals surface area contributed by atoms with Gasteiger partial charge in [-0.25, -0.2) is 14.1 Å². The van der Waals surface area contributed by atoms with E-state index in [1.54, 1.807) is 12.1 Å². The standard InChI is InChI=1S/C11H15N4O6P/c12-11-8-2-1-7(15(8)14-5-13-11)10-9(16)3-6(21-10)4-20-22(17,18)19/h1-2,5-6,9-10,16H,3-4H2,(H2,12,13,14)(H2,17,18,19)/t6-,9+,10-/m0/s1. The Morgan fingerprint density at radius 2 is 2.27 bits per heavy atom. The number of phosphoric ester groups is 1. The van der Waals surface area contributed by atoms with Crippen molar-refractivity contribution in [3.8, 4) is 0 Å². The lowest BCUT2D eigenvalue weighted by molar-refractivity contribution is -0.0136. The number of aliphatic hydroxyl groups excluding tert-OH is 1. The number of hydrogen-bond donors (Lipinski definition) is 4. The lowest BCUT2D eigenvalue weighted by Gasteiger charge is -2.15. The molecule has 3 rings (SSSR count). The van der Waals surface area contributed by atoms with Crippen LogP contribution in [0.2, 0.25) is 0 Å². The average molecular weight is 330 g/mol. The molecule has 0 aliphatic carbocycles. The summed E-state index contributed by atoms with van der Waals surface area (Å²) in [5, 5.41) is 14.2. The van der Waals surface area contributed by atoms with Crippen LogP contribution >= 0.6 is 7.82 Å². The molecular weight excluding hydrogens is 315 g/mol. The van der Waals surface area contributed by atoms with Gasteiger partial charge in [-0.15, -0.1) is 0 Å². The van der Waals surface area contributed by atoms with E-state index >= 15 is 0 Å². The van der Waals surface area contributed by atoms with Crippen molar-refractivity contribution in [2.24, 2.45) is 0 Å². The summed E-state index contributed by atoms with van der Waals surface area (Å²) in [5.74, 6) is 0.301. The number of ether oxygens (including phenoxy) is 1. The Morgan fingerprint density at radius 1 is 1.50 bits per heavy atom. The fraction of sp³-hybridized carbons (Fsp3) is 0.455. The lowest BCUT2D eigenvalue weighted by atomic mass is 10.1. The van der Waals surface area contributed by atoms with Gasteiger partial charge < -0.3 is 25.4 Å². The van der Waals surface area contributed by atoms with E-state index in [9.17, 15) is 9.67 Å². The Balaban J connectivity index is 1.80. The summed E-state index contributed by atoms with van der Waals surface area (Å²) >= 11 is 0. The van der Waals surface area contributed by atoms with E-state index in [4.69, 9.17) is 20.3 Å². The molecular formula is C11H15N4O6P. The van der Waals surface area contributed by atoms with Crippen LogP contribution in [0.4, 0.5) is 5.82 Å². The van der Waals surface area contributed by atoms with Gasteiger partial charge in [-0.1, -0.05) is 0 Å². The van der Waals surface area contributed by atoms with Gasteiger partial charge in [0.05, 0.1) is 24.5 Å². The number of aliphatic hydroxyl groups is 1. The zero-order chi connectivity index (χ0) is 15.9. The van der Waals surface area contributed by atoms with Crippen LogP contribution in [0, 0.1) is 0 Å². The second kappa shape index (κ2) is 5.58. The van der Waals surface area contributed by atoms with Gasteiger partial charge in [-0.2, -0.15) is 5.10 Å². The molecule has 2 aromatic heterocycles. The lowest BCUT2D eigenvalue weighted by Crippen LogP contribution is -2.15. The first-order valence-corrected chi connectivity index (χ1v) is 8.00. The van der Waals surface area contributed by atoms with Crippen LogP contribution < -0.4 is 5.73 Å². The van der Waals surface area contributed by atoms with Gasteiger partial charge >= 0.3 is 7.82 Å². The third-order valence-electron chi connectivity index (χ3n) is 3.42. The molecule has 1 aliphatic rings. The number of anilines is 1. The Bertz CT molecular complexity index is 730. The highest BCUT2D eigenvalue weighted by molar-refractivity contribution is 7.46. The van der Waals surface area contributed by atoms with E-state index in [2.05, 4.69) is 14.6 Å². The minimum atomic E-state index is -4.57. The number of rotatable bonds is 4. The number of nitrogens with two attached hydrogens (primary N) is 1. The second-order valence-corrected chi connectivity index (χ2v) is 6.21. The van der Waals surface area contributed by atoms with E-state index in [1.807, 2.05) is 0 Å². The summed E-state index contributed by atoms with van der Waals surface area (Å²) in [4.78, 5) is 21.3. The quantitative estimate of drug-likeness (QED) is 0.549. The van der Waals surface area contributed by atoms with E-state index in [0.717, 1.165) is 0 Å². The molecule has 0 spiro atoms. The Labute approximate surface area is 124 Å². The molecule has 2 aromatic rings. The maximum atomic E-state index is 10.7. The van der Waals surface area contributed by atoms with Crippen molar-refractivity contribution >= 4 is 19.2 Å². The first-order chi connectivity index (χ1) is 10.3. The highest BCUT2D eigenvalue weighted by Crippen LogP contribution is 2.39. The minimum absolute atomic E-state index is 0.193. The molecule has 0 unspecified atom stereocenters. The molecule has 22 heavy (non-hydrogen) atoms. The van der Waals surface area contributed by atoms with Gasteiger partial charge in [0.25, 0.3) is 0 Å². The Kier molecular flexibility index (Phi) is 3.89. The molecule has 0 aromatic carbocycles. The van der Waals surface area contributed by atoms with E-state index in [1.165, 1.54) is 10.8 Å². The monoisotopic (exact) mass is 330 g/mol. The van der Waals surface area contributed by atoms with Gasteiger partial charge in [0.15, 0.2) is 5.82 Å². The molecule has 3 atom stereocenters. The summed E-state index contributed by atoms with van der Waals surface area (Å²) in [6.45, 7) is -0.307. The number of hydrogen-bond acceptors (Lipinski definition) is 7. The molecule has 0 saturated carbocycles. The van der Waals surface area contributed by atoms with Gasteiger partial charge in [0, 0.05) is 6.42 Å². The molecule has 0 amide bonds. The normalized spacial score (nSPS) is 25.9. The maximum absolute atomic E-state index is 10.7. The highest BCUT2D eigenvalue weighted by atomic mass is 31.2. The van der Waals surface area contributed by atoms with Gasteiger partial charge in [0.1, 0.15) is 17.9 Å². The smallest absolute Gasteiger partial charge is 0.390 e. The molecule has 1 saturated heterocycles. The van der Waals surface area contributed by atoms with Crippen LogP contribution in [0.25, 0.3) is 5.52 Å². The van der Waals surface area contributed by atoms with Crippen molar-refractivity contribution in [2.45, 2.75) is 24.7 Å². The SMILES string of the molecule is Nc1ncnn2c([C@@H]3O[C@H](COP(=O)(O)O)C[C@H]3O)ccc12. The van der Waals surface area contributed by atoms with Crippen LogP contribution in [0.3, 0.4) is 0 Å². The number of aromatic nitrogens is 3. The molecule has 3 heterocycles. The molecule has 10 nitrogen and oxygen atoms in total. The van der Waals surface area contributed by atoms with Crippen molar-refractivity contribution in [2.75, 3.05) is 12.3 Å². The number of phosphoric acid groups is 1. The number of nitrogen functional groups attached to an aromatic ring is 1. The predicted octanol–water partition coefficient (Wildman–Crippen LogP) is -0.388. The Morgan fingerprint density at radius 3 is 3.00 bits per heavy atom. The maximum Gasteiger partial charge on any atom is 0.469 e. The van der Waals surface area contributed by atoms with Crippen molar-refractivity contribution < 1.29 is 28.7 Å². The summed E-state index contributed by atoms with van der Waals surface area (Å²) in [6.07, 6.45) is -0.681. The molecule has 11 heteroatoms. The fourth-order valence-electron chi connectivity index (χ4n) is 2.49. The van der Waals surface area contributed by atoms with Crippen LogP contribution in [0.15, 0.2) is 18.5 Å². The van der Waals surface area contributed by atoms with Crippen molar-refractivity contribution in [3.05, 3.63) is 24.2 Å². The predicted molar refractivity (Wildman–Crippen MR) is 73.6 cm³/mol. The molecule has 5 N–H and O–H groups in total. The van der Waals surface area contributed by atoms with Crippen molar-refractivity contribution in [3.63, 3.8) is 0 Å². The molecule has 120 valence electrons. The van der Waals surface area contributed by atoms with Gasteiger partial charge in [0.2, 0.25) is 0 Å². The van der Waals surface area contributed by atoms with Crippen molar-refractivity contribution in [1.82, 2.24) is 14.6 Å². The molecule has 1 fully saturated rings. The third-order valence-corrected chi connectivity index (χ3v) is 3.91. The number of nitrogens with zero attached hydrogens (tertiary/aromatic N) is 3. The molecule has 1 aliphatic heterocycles. The van der Waals surface area contributed by atoms with Crippen LogP contribution in [-0.4, -0.2) is 48.3 Å². The summed E-state index contributed by atoms with van der Waals surface area (Å²) in [5.41, 5.74) is 6.91. The average Bonchev–Trinajstić information content (AvgIpc) is 3.00. The van der Waals surface area contributed by atoms with Crippen LogP contribution in [0.5, 0.6) is 0 Å². The second-order valence-electron chi connectivity index (χ2n) is 4.97. The first kappa shape index (κ1) is 15.3. The summed E-state index contributed by atoms with van der Waals surface area (Å²) in [7, 11) is -4.57. The topological polar surface area (TPSA) is 152 Å².